The maximum absolute atomic E-state index is 12.6. The largest absolute Gasteiger partial charge is 0.486 e. The number of urea groups is 1. The van der Waals surface area contributed by atoms with Crippen LogP contribution in [0.5, 0.6) is 11.5 Å². The lowest BCUT2D eigenvalue weighted by Gasteiger charge is -2.29. The number of hydrogen-bond acceptors (Lipinski definition) is 5. The van der Waals surface area contributed by atoms with Crippen LogP contribution in [-0.4, -0.2) is 41.9 Å². The van der Waals surface area contributed by atoms with Crippen LogP contribution >= 0.6 is 0 Å². The molecule has 0 bridgehead atoms. The van der Waals surface area contributed by atoms with E-state index in [-0.39, 0.29) is 5.91 Å². The fraction of sp³-hybridized carbons (Fsp3) is 0.471. The van der Waals surface area contributed by atoms with Crippen molar-refractivity contribution in [1.29, 1.82) is 0 Å². The number of amides is 3. The molecule has 7 nitrogen and oxygen atoms in total. The molecule has 0 unspecified atom stereocenters. The molecule has 2 fully saturated rings. The minimum absolute atomic E-state index is 0.249. The predicted molar refractivity (Wildman–Crippen MR) is 86.2 cm³/mol. The Morgan fingerprint density at radius 1 is 1.08 bits per heavy atom. The van der Waals surface area contributed by atoms with Gasteiger partial charge < -0.3 is 14.8 Å². The summed E-state index contributed by atoms with van der Waals surface area (Å²) < 4.78 is 11.0. The molecular formula is C17H19N3O4. The second-order valence-electron chi connectivity index (χ2n) is 6.34. The number of benzene rings is 1. The summed E-state index contributed by atoms with van der Waals surface area (Å²) in [7, 11) is 0. The van der Waals surface area contributed by atoms with Gasteiger partial charge in [0.05, 0.1) is 6.21 Å². The molecule has 3 aliphatic rings. The Labute approximate surface area is 139 Å². The number of hydrogen-bond donors (Lipinski definition) is 1. The lowest BCUT2D eigenvalue weighted by Crippen LogP contribution is -2.48. The average Bonchev–Trinajstić information content (AvgIpc) is 2.83. The van der Waals surface area contributed by atoms with Gasteiger partial charge in [0.1, 0.15) is 18.8 Å². The van der Waals surface area contributed by atoms with Gasteiger partial charge in [-0.05, 0) is 36.6 Å². The van der Waals surface area contributed by atoms with Gasteiger partial charge >= 0.3 is 6.03 Å². The molecule has 24 heavy (non-hydrogen) atoms. The molecule has 1 aliphatic carbocycles. The van der Waals surface area contributed by atoms with Crippen LogP contribution in [0, 0.1) is 0 Å². The number of carbonyl (C=O) groups excluding carboxylic acids is 2. The van der Waals surface area contributed by atoms with Crippen molar-refractivity contribution in [3.05, 3.63) is 23.8 Å². The number of rotatable bonds is 2. The SMILES string of the molecule is O=C1NC2(CCCCC2)C(=O)N1N=Cc1ccc2c(c1)OCCO2. The molecule has 0 radical (unpaired) electrons. The average molecular weight is 329 g/mol. The molecule has 4 rings (SSSR count). The van der Waals surface area contributed by atoms with E-state index in [4.69, 9.17) is 9.47 Å². The van der Waals surface area contributed by atoms with Gasteiger partial charge in [-0.3, -0.25) is 4.79 Å². The van der Waals surface area contributed by atoms with Crippen molar-refractivity contribution in [3.63, 3.8) is 0 Å². The number of carbonyl (C=O) groups is 2. The van der Waals surface area contributed by atoms with E-state index >= 15 is 0 Å². The van der Waals surface area contributed by atoms with Gasteiger partial charge in [0, 0.05) is 0 Å². The van der Waals surface area contributed by atoms with Crippen LogP contribution in [0.1, 0.15) is 37.7 Å². The third kappa shape index (κ3) is 2.50. The van der Waals surface area contributed by atoms with Crippen molar-refractivity contribution in [2.75, 3.05) is 13.2 Å². The van der Waals surface area contributed by atoms with E-state index in [1.165, 1.54) is 6.21 Å². The van der Waals surface area contributed by atoms with Gasteiger partial charge in [-0.1, -0.05) is 19.3 Å². The van der Waals surface area contributed by atoms with Gasteiger partial charge in [0.15, 0.2) is 11.5 Å². The highest BCUT2D eigenvalue weighted by Gasteiger charge is 2.51. The Morgan fingerprint density at radius 3 is 2.62 bits per heavy atom. The Morgan fingerprint density at radius 2 is 1.83 bits per heavy atom. The summed E-state index contributed by atoms with van der Waals surface area (Å²) >= 11 is 0. The van der Waals surface area contributed by atoms with Crippen molar-refractivity contribution in [3.8, 4) is 11.5 Å². The van der Waals surface area contributed by atoms with Gasteiger partial charge in [0.25, 0.3) is 5.91 Å². The molecule has 1 spiro atoms. The number of imide groups is 1. The Bertz CT molecular complexity index is 710. The zero-order valence-electron chi connectivity index (χ0n) is 13.3. The number of nitrogens with one attached hydrogen (secondary N) is 1. The van der Waals surface area contributed by atoms with Gasteiger partial charge in [-0.2, -0.15) is 5.10 Å². The number of ether oxygens (including phenoxy) is 2. The number of fused-ring (bicyclic) bond motifs is 1. The monoisotopic (exact) mass is 329 g/mol. The molecule has 1 aromatic carbocycles. The molecule has 0 atom stereocenters. The second kappa shape index (κ2) is 5.81. The normalized spacial score (nSPS) is 22.2. The second-order valence-corrected chi connectivity index (χ2v) is 6.34. The highest BCUT2D eigenvalue weighted by Crippen LogP contribution is 2.34. The Hall–Kier alpha value is -2.57. The minimum Gasteiger partial charge on any atom is -0.486 e. The van der Waals surface area contributed by atoms with E-state index < -0.39 is 11.6 Å². The van der Waals surface area contributed by atoms with E-state index in [1.54, 1.807) is 12.1 Å². The first-order chi connectivity index (χ1) is 11.7. The van der Waals surface area contributed by atoms with Crippen LogP contribution in [-0.2, 0) is 4.79 Å². The summed E-state index contributed by atoms with van der Waals surface area (Å²) in [6.45, 7) is 1.04. The zero-order chi connectivity index (χ0) is 16.6. The van der Waals surface area contributed by atoms with Crippen molar-refractivity contribution in [2.24, 2.45) is 5.10 Å². The summed E-state index contributed by atoms with van der Waals surface area (Å²) in [5.74, 6) is 1.08. The van der Waals surface area contributed by atoms with E-state index in [0.717, 1.165) is 29.8 Å². The fourth-order valence-corrected chi connectivity index (χ4v) is 3.47. The molecule has 1 aromatic rings. The van der Waals surface area contributed by atoms with Gasteiger partial charge in [0.2, 0.25) is 0 Å². The number of nitrogens with zero attached hydrogens (tertiary/aromatic N) is 2. The summed E-state index contributed by atoms with van der Waals surface area (Å²) in [6.07, 6.45) is 5.88. The molecule has 1 saturated heterocycles. The maximum Gasteiger partial charge on any atom is 0.346 e. The zero-order valence-corrected chi connectivity index (χ0v) is 13.3. The van der Waals surface area contributed by atoms with Crippen molar-refractivity contribution in [1.82, 2.24) is 10.3 Å². The van der Waals surface area contributed by atoms with E-state index in [1.807, 2.05) is 6.07 Å². The first-order valence-electron chi connectivity index (χ1n) is 8.28. The molecule has 126 valence electrons. The van der Waals surface area contributed by atoms with Crippen LogP contribution in [0.15, 0.2) is 23.3 Å². The topological polar surface area (TPSA) is 80.2 Å². The van der Waals surface area contributed by atoms with Crippen LogP contribution in [0.4, 0.5) is 4.79 Å². The maximum atomic E-state index is 12.6. The fourth-order valence-electron chi connectivity index (χ4n) is 3.47. The standard InChI is InChI=1S/C17H19N3O4/c21-15-17(6-2-1-3-7-17)19-16(22)20(15)18-11-12-4-5-13-14(10-12)24-9-8-23-13/h4-5,10-11H,1-3,6-9H2,(H,19,22). The summed E-state index contributed by atoms with van der Waals surface area (Å²) in [6, 6.07) is 4.94. The molecule has 0 aromatic heterocycles. The smallest absolute Gasteiger partial charge is 0.346 e. The van der Waals surface area contributed by atoms with Crippen LogP contribution in [0.3, 0.4) is 0 Å². The number of hydrazone groups is 1. The van der Waals surface area contributed by atoms with Crippen LogP contribution < -0.4 is 14.8 Å². The minimum atomic E-state index is -0.751. The Balaban J connectivity index is 1.53. The lowest BCUT2D eigenvalue weighted by atomic mass is 9.82. The molecule has 2 aliphatic heterocycles. The molecule has 7 heteroatoms. The van der Waals surface area contributed by atoms with E-state index in [9.17, 15) is 9.59 Å². The molecule has 2 heterocycles. The Kier molecular flexibility index (Phi) is 3.63. The molecule has 3 amide bonds. The van der Waals surface area contributed by atoms with Gasteiger partial charge in [-0.25, -0.2) is 4.79 Å². The first-order valence-corrected chi connectivity index (χ1v) is 8.28. The van der Waals surface area contributed by atoms with E-state index in [0.29, 0.717) is 37.6 Å². The summed E-state index contributed by atoms with van der Waals surface area (Å²) in [5.41, 5.74) is -0.0103. The first kappa shape index (κ1) is 15.0. The summed E-state index contributed by atoms with van der Waals surface area (Å²) in [5, 5.41) is 7.89. The quantitative estimate of drug-likeness (QED) is 0.665. The molecular weight excluding hydrogens is 310 g/mol. The molecule has 1 saturated carbocycles. The van der Waals surface area contributed by atoms with Crippen molar-refractivity contribution < 1.29 is 19.1 Å². The van der Waals surface area contributed by atoms with E-state index in [2.05, 4.69) is 10.4 Å². The third-order valence-electron chi connectivity index (χ3n) is 4.74. The van der Waals surface area contributed by atoms with Crippen molar-refractivity contribution >= 4 is 18.2 Å². The summed E-state index contributed by atoms with van der Waals surface area (Å²) in [4.78, 5) is 24.8. The molecule has 1 N–H and O–H groups in total. The van der Waals surface area contributed by atoms with Crippen LogP contribution in [0.2, 0.25) is 0 Å². The lowest BCUT2D eigenvalue weighted by molar-refractivity contribution is -0.132. The predicted octanol–water partition coefficient (Wildman–Crippen LogP) is 2.05. The van der Waals surface area contributed by atoms with Crippen molar-refractivity contribution in [2.45, 2.75) is 37.6 Å². The third-order valence-corrected chi connectivity index (χ3v) is 4.74. The highest BCUT2D eigenvalue weighted by molar-refractivity contribution is 6.07. The van der Waals surface area contributed by atoms with Gasteiger partial charge in [-0.15, -0.1) is 5.01 Å². The highest BCUT2D eigenvalue weighted by atomic mass is 16.6. The van der Waals surface area contributed by atoms with Crippen LogP contribution in [0.25, 0.3) is 0 Å².